The molecule has 130 heavy (non-hydrogen) atoms. The van der Waals surface area contributed by atoms with E-state index in [4.69, 9.17) is 4.74 Å². The van der Waals surface area contributed by atoms with Gasteiger partial charge in [0.15, 0.2) is 109 Å². The molecule has 9 aromatic heterocycles. The second-order valence-electron chi connectivity index (χ2n) is 42.1. The third kappa shape index (κ3) is 35.4. The number of pyridine rings is 6. The van der Waals surface area contributed by atoms with Gasteiger partial charge in [-0.15, -0.1) is 0 Å². The van der Waals surface area contributed by atoms with E-state index in [-0.39, 0.29) is 0 Å². The fraction of sp³-hybridized carbons (Fsp3) is 0.640. The van der Waals surface area contributed by atoms with E-state index in [1.54, 1.807) is 15.6 Å². The molecule has 1 aliphatic carbocycles. The van der Waals surface area contributed by atoms with Crippen molar-refractivity contribution >= 4 is 28.4 Å². The number of nitrogens with one attached hydrogen (secondary N) is 2. The third-order valence-electron chi connectivity index (χ3n) is 25.0. The smallest absolute Gasteiger partial charge is 0.392 e. The minimum Gasteiger partial charge on any atom is -0.441 e. The van der Waals surface area contributed by atoms with Crippen LogP contribution in [0.2, 0.25) is 0 Å². The molecule has 0 unspecified atom stereocenters. The van der Waals surface area contributed by atoms with Gasteiger partial charge in [0.05, 0.1) is 61.9 Å². The van der Waals surface area contributed by atoms with Crippen molar-refractivity contribution < 1.29 is 50.3 Å². The molecule has 4 aliphatic rings. The van der Waals surface area contributed by atoms with Gasteiger partial charge < -0.3 is 24.6 Å². The molecule has 0 bridgehead atoms. The molecular formula is C111H193N17OS+10. The van der Waals surface area contributed by atoms with Gasteiger partial charge in [0, 0.05) is 122 Å². The van der Waals surface area contributed by atoms with Gasteiger partial charge in [-0.25, -0.2) is 37.8 Å². The number of anilines is 3. The second-order valence-corrected chi connectivity index (χ2v) is 43.2. The lowest BCUT2D eigenvalue weighted by Crippen LogP contribution is -2.52. The minimum atomic E-state index is 0.432. The van der Waals surface area contributed by atoms with Crippen LogP contribution in [0.25, 0.3) is 0 Å². The highest BCUT2D eigenvalue weighted by atomic mass is 32.1. The maximum Gasteiger partial charge on any atom is 0.392 e. The third-order valence-corrected chi connectivity index (χ3v) is 26.6. The van der Waals surface area contributed by atoms with E-state index in [1.807, 2.05) is 23.9 Å². The summed E-state index contributed by atoms with van der Waals surface area (Å²) in [5.41, 5.74) is 20.8. The number of thiazole rings is 1. The van der Waals surface area contributed by atoms with Crippen LogP contribution in [0.3, 0.4) is 0 Å². The van der Waals surface area contributed by atoms with E-state index in [0.717, 1.165) is 61.5 Å². The predicted octanol–water partition coefficient (Wildman–Crippen LogP) is 23.3. The Morgan fingerprint density at radius 2 is 0.923 bits per heavy atom. The Morgan fingerprint density at radius 1 is 0.400 bits per heavy atom. The van der Waals surface area contributed by atoms with Gasteiger partial charge in [-0.1, -0.05) is 91.6 Å². The number of ether oxygens (including phenoxy) is 1. The van der Waals surface area contributed by atoms with Crippen molar-refractivity contribution in [3.05, 3.63) is 215 Å². The summed E-state index contributed by atoms with van der Waals surface area (Å²) in [6, 6.07) is 36.4. The molecule has 0 spiro atoms. The van der Waals surface area contributed by atoms with E-state index in [9.17, 15) is 0 Å². The summed E-state index contributed by atoms with van der Waals surface area (Å²) in [6.07, 6.45) is 35.8. The first kappa shape index (κ1) is 114. The first-order chi connectivity index (χ1) is 60.9. The Labute approximate surface area is 799 Å². The molecule has 0 amide bonds. The molecule has 18 nitrogen and oxygen atoms in total. The lowest BCUT2D eigenvalue weighted by atomic mass is 10.1. The van der Waals surface area contributed by atoms with Crippen molar-refractivity contribution in [2.75, 3.05) is 55.7 Å². The molecule has 0 saturated carbocycles. The molecule has 9 aromatic rings. The highest BCUT2D eigenvalue weighted by molar-refractivity contribution is 7.11. The Kier molecular flexibility index (Phi) is 48.8. The standard InChI is InChI=1S/2C13H22N3.C13H21N2O.C12H20NS.3C11H18N.C10H17N2.C9H17N2.C8H20N/c1-10(2)15-9-5-6-13-12(15)7-8-14-16(13)11(3)4;1-10(2)15-8-5-6-12-13(15)7-9-16(14-12)11(3)4;1-10(2)14-8-9-16-13-12(14)6-5-7-15(13)11(3)4;1-8(2)12-13(9(3)4)10-6-5-7-11(10)14-12;1-9(2)11-5-7-12(8-6-11)10(3)4;1-9(2)11-6-5-7-12(8-11)10(3)4;1-9(2)11-7-5-6-8-12(11)10(3)4;1-8(2)10-5-11-7-12(6-10)9(3)4;1-8(2)10-5-6-11(7-10)9(3)4;1-7(2)9(5,6)8(3)4/h5-6,9-11,14H,7-8H2,1-4H3;5-6,8,10-11,14H,7,9H2,1-4H3;5-7,10-11H,8-9H2,1-4H3;8-9H,5-7H2,1-4H3;3*5-10H,1-4H3;5-9H,1-4H3;5-9H,1-4H3;7-8H,1-6H3/q10*+1. The van der Waals surface area contributed by atoms with E-state index >= 15 is 0 Å². The average molecular weight is 1810 g/mol. The average Bonchev–Trinajstić information content (AvgIpc) is 1.67. The number of hydrogen-bond donors (Lipinski definition) is 2. The molecule has 0 fully saturated rings. The normalized spacial score (nSPS) is 13.5. The zero-order chi connectivity index (χ0) is 98.0. The highest BCUT2D eigenvalue weighted by Crippen LogP contribution is 2.33. The fourth-order valence-corrected chi connectivity index (χ4v) is 16.9. The Balaban J connectivity index is 0.000000304. The number of quaternary nitrogens is 1. The molecule has 0 aromatic carbocycles. The number of aryl methyl sites for hydroxylation is 1. The van der Waals surface area contributed by atoms with Crippen molar-refractivity contribution in [3.8, 4) is 5.88 Å². The van der Waals surface area contributed by atoms with Crippen LogP contribution >= 0.6 is 11.3 Å². The van der Waals surface area contributed by atoms with Crippen LogP contribution in [-0.2, 0) is 25.7 Å². The summed E-state index contributed by atoms with van der Waals surface area (Å²) in [6.45, 7) is 92.7. The summed E-state index contributed by atoms with van der Waals surface area (Å²) in [5.74, 6) is 4.10. The van der Waals surface area contributed by atoms with E-state index in [0.29, 0.717) is 108 Å². The minimum absolute atomic E-state index is 0.432. The number of imidazole rings is 1. The van der Waals surface area contributed by atoms with Crippen LogP contribution in [0, 0.1) is 0 Å². The van der Waals surface area contributed by atoms with E-state index in [2.05, 4.69) is 521 Å². The maximum atomic E-state index is 5.82. The first-order valence-corrected chi connectivity index (χ1v) is 51.1. The lowest BCUT2D eigenvalue weighted by molar-refractivity contribution is -0.931. The van der Waals surface area contributed by atoms with Gasteiger partial charge >= 0.3 is 5.88 Å². The highest BCUT2D eigenvalue weighted by Gasteiger charge is 2.35. The van der Waals surface area contributed by atoms with E-state index in [1.165, 1.54) is 70.1 Å². The van der Waals surface area contributed by atoms with Gasteiger partial charge in [0.2, 0.25) is 22.7 Å². The van der Waals surface area contributed by atoms with Crippen LogP contribution in [0.4, 0.5) is 17.1 Å². The second kappa shape index (κ2) is 55.5. The zero-order valence-electron chi connectivity index (χ0n) is 90.5. The first-order valence-electron chi connectivity index (χ1n) is 50.3. The zero-order valence-corrected chi connectivity index (χ0v) is 91.3. The Bertz CT molecular complexity index is 4410. The van der Waals surface area contributed by atoms with Gasteiger partial charge in [0.1, 0.15) is 36.6 Å². The summed E-state index contributed by atoms with van der Waals surface area (Å²) in [5, 5.41) is 6.15. The van der Waals surface area contributed by atoms with Crippen molar-refractivity contribution in [1.82, 2.24) is 20.0 Å². The molecular weight excluding hydrogens is 1620 g/mol. The van der Waals surface area contributed by atoms with Crippen LogP contribution < -0.4 is 66.6 Å². The molecule has 19 heteroatoms. The van der Waals surface area contributed by atoms with Gasteiger partial charge in [0.25, 0.3) is 6.33 Å². The fourth-order valence-electron chi connectivity index (χ4n) is 15.5. The monoisotopic (exact) mass is 1810 g/mol. The molecule has 13 rings (SSSR count). The summed E-state index contributed by atoms with van der Waals surface area (Å²) >= 11 is 2.05. The molecule has 12 heterocycles. The SMILES string of the molecule is CC(C)N1CCOc2c1ccc[n+]2C(C)C.CC(C)N1CCc2c(ccc[n+]2C(C)C)N1.CC(C)N1NCCc2c1ccc[n+]2C(C)C.CC(C)[N+](C)(C)C(C)C.CC(C)c1cc[n+](C(C)C)cc1.CC(C)c1ccc[n+](C(C)C)c1.CC(C)c1cccc[n+]1C(C)C.CC(C)c1cnc[n+](C(C)C)c1.CC(C)c1sc2c([n+]1C(C)C)CCC2.CC(C)n1cc[n+](C(C)C)c1. The largest absolute Gasteiger partial charge is 0.441 e. The summed E-state index contributed by atoms with van der Waals surface area (Å²) < 4.78 is 29.8. The van der Waals surface area contributed by atoms with Gasteiger partial charge in [-0.05, 0) is 268 Å². The van der Waals surface area contributed by atoms with Crippen LogP contribution in [0.15, 0.2) is 166 Å². The van der Waals surface area contributed by atoms with Crippen molar-refractivity contribution in [2.24, 2.45) is 0 Å². The van der Waals surface area contributed by atoms with E-state index < -0.39 is 0 Å². The molecule has 724 valence electrons. The van der Waals surface area contributed by atoms with Gasteiger partial charge in [-0.3, -0.25) is 0 Å². The van der Waals surface area contributed by atoms with Crippen LogP contribution in [0.1, 0.15) is 423 Å². The van der Waals surface area contributed by atoms with Crippen LogP contribution in [0.5, 0.6) is 5.88 Å². The number of hydrogen-bond acceptors (Lipinski definition) is 8. The molecule has 2 N–H and O–H groups in total. The topological polar surface area (TPSA) is 95.8 Å². The van der Waals surface area contributed by atoms with Gasteiger partial charge in [-0.2, -0.15) is 18.3 Å². The Morgan fingerprint density at radius 3 is 1.38 bits per heavy atom. The Hall–Kier alpha value is -8.10. The number of rotatable bonds is 20. The van der Waals surface area contributed by atoms with Crippen molar-refractivity contribution in [2.45, 2.75) is 429 Å². The number of nitrogens with zero attached hydrogens (tertiary/aromatic N) is 15. The van der Waals surface area contributed by atoms with Crippen LogP contribution in [-0.4, -0.2) is 89.6 Å². The molecule has 0 saturated heterocycles. The van der Waals surface area contributed by atoms with Crippen molar-refractivity contribution in [3.63, 3.8) is 0 Å². The predicted molar refractivity (Wildman–Crippen MR) is 549 cm³/mol. The number of hydrazine groups is 2. The van der Waals surface area contributed by atoms with Crippen molar-refractivity contribution in [1.29, 1.82) is 0 Å². The molecule has 3 aliphatic heterocycles. The quantitative estimate of drug-likeness (QED) is 0.0580. The number of fused-ring (bicyclic) bond motifs is 4. The molecule has 0 atom stereocenters. The summed E-state index contributed by atoms with van der Waals surface area (Å²) in [4.78, 5) is 8.25. The molecule has 0 radical (unpaired) electrons. The maximum absolute atomic E-state index is 5.82. The lowest BCUT2D eigenvalue weighted by Gasteiger charge is -2.38. The number of aromatic nitrogens is 11. The summed E-state index contributed by atoms with van der Waals surface area (Å²) in [7, 11) is 4.55.